The third kappa shape index (κ3) is 8.94. The second-order valence-electron chi connectivity index (χ2n) is 20.7. The Balaban J connectivity index is 1.35. The number of alkyl halides is 1. The van der Waals surface area contributed by atoms with E-state index in [0.717, 1.165) is 0 Å². The maximum Gasteiger partial charge on any atom is 0.411 e. The second-order valence-corrected chi connectivity index (χ2v) is 26.3. The van der Waals surface area contributed by atoms with Crippen LogP contribution in [-0.2, 0) is 14.2 Å². The van der Waals surface area contributed by atoms with Gasteiger partial charge >= 0.3 is 12.1 Å². The van der Waals surface area contributed by atoms with E-state index >= 15 is 13.2 Å². The Morgan fingerprint density at radius 2 is 1.79 bits per heavy atom. The van der Waals surface area contributed by atoms with Crippen LogP contribution in [0.1, 0.15) is 107 Å². The van der Waals surface area contributed by atoms with Crippen LogP contribution in [0.5, 0.6) is 11.8 Å². The maximum absolute atomic E-state index is 18.2. The van der Waals surface area contributed by atoms with E-state index in [1.807, 2.05) is 0 Å². The van der Waals surface area contributed by atoms with E-state index in [2.05, 4.69) is 58.0 Å². The molecule has 12 nitrogen and oxygen atoms in total. The number of hydrogen-bond acceptors (Lipinski definition) is 11. The highest BCUT2D eigenvalue weighted by Crippen LogP contribution is 2.46. The van der Waals surface area contributed by atoms with Gasteiger partial charge in [-0.2, -0.15) is 9.97 Å². The number of piperazine rings is 1. The smallest absolute Gasteiger partial charge is 0.411 e. The Bertz CT molecular complexity index is 2770. The van der Waals surface area contributed by atoms with E-state index in [0.29, 0.717) is 37.6 Å². The summed E-state index contributed by atoms with van der Waals surface area (Å²) in [6, 6.07) is 5.03. The molecule has 0 N–H and O–H groups in total. The lowest BCUT2D eigenvalue weighted by Crippen LogP contribution is -2.66. The minimum absolute atomic E-state index is 0.0315. The average Bonchev–Trinajstić information content (AvgIpc) is 3.91. The fourth-order valence-electron chi connectivity index (χ4n) is 11.6. The zero-order valence-electron chi connectivity index (χ0n) is 45.3. The van der Waals surface area contributed by atoms with Crippen LogP contribution in [0.25, 0.3) is 32.9 Å². The van der Waals surface area contributed by atoms with Crippen molar-refractivity contribution >= 4 is 41.7 Å². The van der Waals surface area contributed by atoms with Crippen molar-refractivity contribution in [2.45, 2.75) is 140 Å². The quantitative estimate of drug-likeness (QED) is 0.0726. The molecule has 16 heteroatoms. The number of hydrogen-bond donors (Lipinski definition) is 0. The number of carbonyl (C=O) groups is 1. The fraction of sp³-hybridized carbons (Fsp3) is 0.608. The third-order valence-electron chi connectivity index (χ3n) is 14.5. The molecule has 1 amide bonds. The fourth-order valence-corrected chi connectivity index (χ4v) is 16.9. The molecule has 8 rings (SSSR count). The standard InChI is InChI=1S/C51H67F3N6O6Si/c1-31(2)67(32(3)4,33(5)6)20-16-38-41(53)14-13-34-21-37(65-30-63-11)22-39(42(34)38)44-43(54)45-40(24-55-44)46(57-47(56-45)64-29-50-17-12-19-59(50)25-35(52)23-50)58-26-36-15-18-51(27-58,28-62-10)60(36)48(61)66-49(7,8)9/h13-14,21-22,24,31-33,35-36H,12,15,17-19,23,25-30H2,1-11H3/t35-,36+,50+,51-/m1/s1/i10D3,29D2. The molecular formula is C51H67F3N6O6Si. The van der Waals surface area contributed by atoms with Crippen molar-refractivity contribution in [1.29, 1.82) is 0 Å². The Labute approximate surface area is 401 Å². The number of ether oxygens (including phenoxy) is 5. The Hall–Kier alpha value is -4.69. The number of pyridine rings is 1. The van der Waals surface area contributed by atoms with Crippen molar-refractivity contribution in [3.63, 3.8) is 0 Å². The molecule has 0 unspecified atom stereocenters. The molecule has 0 spiro atoms. The van der Waals surface area contributed by atoms with Gasteiger partial charge < -0.3 is 28.6 Å². The number of rotatable bonds is 13. The number of amides is 1. The first-order chi connectivity index (χ1) is 33.7. The van der Waals surface area contributed by atoms with Crippen LogP contribution in [0.4, 0.5) is 23.8 Å². The molecule has 4 aromatic rings. The van der Waals surface area contributed by atoms with Gasteiger partial charge in [-0.05, 0) is 93.2 Å². The van der Waals surface area contributed by atoms with E-state index in [9.17, 15) is 7.54 Å². The third-order valence-corrected chi connectivity index (χ3v) is 20.7. The van der Waals surface area contributed by atoms with Gasteiger partial charge in [-0.3, -0.25) is 14.8 Å². The van der Waals surface area contributed by atoms with Crippen LogP contribution < -0.4 is 14.4 Å². The van der Waals surface area contributed by atoms with Gasteiger partial charge in [-0.15, -0.1) is 5.54 Å². The number of carbonyl (C=O) groups excluding carboxylic acids is 1. The molecule has 4 aliphatic rings. The molecule has 4 aliphatic heterocycles. The maximum atomic E-state index is 18.2. The average molecular weight is 950 g/mol. The van der Waals surface area contributed by atoms with Crippen LogP contribution in [0.15, 0.2) is 30.5 Å². The number of benzene rings is 2. The van der Waals surface area contributed by atoms with E-state index in [1.54, 1.807) is 48.8 Å². The monoisotopic (exact) mass is 950 g/mol. The summed E-state index contributed by atoms with van der Waals surface area (Å²) in [5, 5.41) is 0.853. The van der Waals surface area contributed by atoms with Crippen molar-refractivity contribution in [3.8, 4) is 34.5 Å². The normalized spacial score (nSPS) is 24.7. The molecule has 2 aromatic carbocycles. The lowest BCUT2D eigenvalue weighted by molar-refractivity contribution is -0.0261. The minimum atomic E-state index is -2.81. The molecular weight excluding hydrogens is 878 g/mol. The first-order valence-corrected chi connectivity index (χ1v) is 25.7. The Kier molecular flexibility index (Phi) is 11.8. The lowest BCUT2D eigenvalue weighted by atomic mass is 9.95. The summed E-state index contributed by atoms with van der Waals surface area (Å²) in [6.07, 6.45) is 0.957. The highest BCUT2D eigenvalue weighted by molar-refractivity contribution is 6.90. The summed E-state index contributed by atoms with van der Waals surface area (Å²) in [7, 11) is -3.78. The lowest BCUT2D eigenvalue weighted by Gasteiger charge is -2.49. The van der Waals surface area contributed by atoms with Gasteiger partial charge in [0, 0.05) is 57.3 Å². The van der Waals surface area contributed by atoms with Crippen molar-refractivity contribution in [1.82, 2.24) is 24.8 Å². The first-order valence-electron chi connectivity index (χ1n) is 25.9. The summed E-state index contributed by atoms with van der Waals surface area (Å²) in [5.74, 6) is 2.02. The summed E-state index contributed by atoms with van der Waals surface area (Å²) in [4.78, 5) is 33.1. The van der Waals surface area contributed by atoms with Gasteiger partial charge in [0.05, 0.1) is 41.5 Å². The van der Waals surface area contributed by atoms with Crippen molar-refractivity contribution in [2.75, 3.05) is 65.2 Å². The molecule has 67 heavy (non-hydrogen) atoms. The summed E-state index contributed by atoms with van der Waals surface area (Å²) in [5.41, 5.74) is 0.431. The van der Waals surface area contributed by atoms with Crippen molar-refractivity contribution in [2.24, 2.45) is 0 Å². The molecule has 2 aromatic heterocycles. The molecule has 2 bridgehead atoms. The molecule has 6 heterocycles. The van der Waals surface area contributed by atoms with Crippen molar-refractivity contribution < 1.29 is 48.5 Å². The topological polar surface area (TPSA) is 112 Å². The van der Waals surface area contributed by atoms with E-state index in [4.69, 9.17) is 37.8 Å². The van der Waals surface area contributed by atoms with E-state index < -0.39 is 80.9 Å². The zero-order chi connectivity index (χ0) is 52.5. The second kappa shape index (κ2) is 18.7. The van der Waals surface area contributed by atoms with E-state index in [-0.39, 0.29) is 94.1 Å². The number of anilines is 1. The van der Waals surface area contributed by atoms with Gasteiger partial charge in [0.15, 0.2) is 12.6 Å². The minimum Gasteiger partial charge on any atom is -0.468 e. The molecule has 4 fully saturated rings. The van der Waals surface area contributed by atoms with Crippen LogP contribution >= 0.6 is 0 Å². The summed E-state index contributed by atoms with van der Waals surface area (Å²) >= 11 is 0. The Morgan fingerprint density at radius 1 is 1.03 bits per heavy atom. The number of halogens is 3. The molecule has 4 saturated heterocycles. The van der Waals surface area contributed by atoms with Crippen LogP contribution in [0.3, 0.4) is 0 Å². The highest BCUT2D eigenvalue weighted by Gasteiger charge is 2.56. The van der Waals surface area contributed by atoms with Crippen LogP contribution in [-0.4, -0.2) is 128 Å². The van der Waals surface area contributed by atoms with Gasteiger partial charge in [-0.1, -0.05) is 53.5 Å². The molecule has 0 saturated carbocycles. The van der Waals surface area contributed by atoms with Crippen LogP contribution in [0, 0.1) is 23.1 Å². The zero-order valence-corrected chi connectivity index (χ0v) is 41.3. The predicted octanol–water partition coefficient (Wildman–Crippen LogP) is 10.2. The van der Waals surface area contributed by atoms with Gasteiger partial charge in [0.25, 0.3) is 0 Å². The highest BCUT2D eigenvalue weighted by atomic mass is 28.3. The van der Waals surface area contributed by atoms with Crippen molar-refractivity contribution in [3.05, 3.63) is 47.7 Å². The Morgan fingerprint density at radius 3 is 2.49 bits per heavy atom. The van der Waals surface area contributed by atoms with Gasteiger partial charge in [-0.25, -0.2) is 18.0 Å². The number of aromatic nitrogens is 3. The van der Waals surface area contributed by atoms with E-state index in [1.165, 1.54) is 24.3 Å². The predicted molar refractivity (Wildman–Crippen MR) is 257 cm³/mol. The van der Waals surface area contributed by atoms with Crippen LogP contribution in [0.2, 0.25) is 16.6 Å². The molecule has 4 atom stereocenters. The van der Waals surface area contributed by atoms with Gasteiger partial charge in [0.2, 0.25) is 0 Å². The molecule has 362 valence electrons. The molecule has 0 aliphatic carbocycles. The summed E-state index contributed by atoms with van der Waals surface area (Å²) < 4.78 is 121. The number of methoxy groups -OCH3 is 2. The molecule has 0 radical (unpaired) electrons. The largest absolute Gasteiger partial charge is 0.468 e. The number of nitrogens with zero attached hydrogens (tertiary/aromatic N) is 6. The summed E-state index contributed by atoms with van der Waals surface area (Å²) in [6.45, 7) is 15.5. The SMILES string of the molecule is [2H]C([2H])([2H])OC[C@@]12CC[C@@H](CN(c3nc(OC([2H])([2H])[C@@]45CCCN4C[C@H](F)C5)nc4c(F)c(-c5cc(OCOC)cc6ccc(F)c(C#C[Si](C(C)C)(C(C)C)C(C)C)c56)ncc34)C1)N2C(=O)OC(C)(C)C. The number of fused-ring (bicyclic) bond motifs is 5. The van der Waals surface area contributed by atoms with Gasteiger partial charge in [0.1, 0.15) is 55.0 Å². The first kappa shape index (κ1) is 42.4.